The second-order valence-electron chi connectivity index (χ2n) is 6.80. The molecule has 0 saturated heterocycles. The van der Waals surface area contributed by atoms with Gasteiger partial charge in [-0.15, -0.1) is 0 Å². The van der Waals surface area contributed by atoms with Crippen LogP contribution in [0, 0.1) is 0 Å². The van der Waals surface area contributed by atoms with Crippen LogP contribution in [0.3, 0.4) is 0 Å². The van der Waals surface area contributed by atoms with E-state index in [-0.39, 0.29) is 30.9 Å². The predicted molar refractivity (Wildman–Crippen MR) is 96.7 cm³/mol. The summed E-state index contributed by atoms with van der Waals surface area (Å²) in [6.07, 6.45) is 7.78. The molecule has 0 bridgehead atoms. The minimum absolute atomic E-state index is 0.0115. The predicted octanol–water partition coefficient (Wildman–Crippen LogP) is 2.55. The summed E-state index contributed by atoms with van der Waals surface area (Å²) in [5, 5.41) is 2.89. The minimum Gasteiger partial charge on any atom is -0.456 e. The molecule has 1 aliphatic heterocycles. The lowest BCUT2D eigenvalue weighted by Gasteiger charge is -2.32. The molecule has 0 aromatic heterocycles. The summed E-state index contributed by atoms with van der Waals surface area (Å²) in [7, 11) is 0. The Hall–Kier alpha value is -2.63. The van der Waals surface area contributed by atoms with Crippen molar-refractivity contribution < 1.29 is 19.1 Å². The molecule has 1 aromatic carbocycles. The number of fused-ring (bicyclic) bond motifs is 1. The van der Waals surface area contributed by atoms with Gasteiger partial charge in [-0.05, 0) is 30.0 Å². The molecule has 0 radical (unpaired) electrons. The van der Waals surface area contributed by atoms with Gasteiger partial charge in [0.05, 0.1) is 12.5 Å². The van der Waals surface area contributed by atoms with Crippen molar-refractivity contribution >= 4 is 23.9 Å². The van der Waals surface area contributed by atoms with Crippen LogP contribution in [0.4, 0.5) is 0 Å². The molecule has 1 fully saturated rings. The Morgan fingerprint density at radius 1 is 1.19 bits per heavy atom. The van der Waals surface area contributed by atoms with Gasteiger partial charge in [-0.3, -0.25) is 14.4 Å². The second-order valence-corrected chi connectivity index (χ2v) is 6.80. The largest absolute Gasteiger partial charge is 0.456 e. The van der Waals surface area contributed by atoms with Crippen molar-refractivity contribution in [2.75, 3.05) is 6.61 Å². The summed E-state index contributed by atoms with van der Waals surface area (Å²) in [6.45, 7) is 1.19. The van der Waals surface area contributed by atoms with E-state index in [4.69, 9.17) is 4.74 Å². The number of rotatable bonds is 5. The molecule has 0 unspecified atom stereocenters. The van der Waals surface area contributed by atoms with Gasteiger partial charge < -0.3 is 15.0 Å². The van der Waals surface area contributed by atoms with Gasteiger partial charge in [0.2, 0.25) is 5.91 Å². The van der Waals surface area contributed by atoms with Crippen LogP contribution in [0.2, 0.25) is 0 Å². The van der Waals surface area contributed by atoms with Crippen LogP contribution in [0.25, 0.3) is 6.08 Å². The van der Waals surface area contributed by atoms with Crippen molar-refractivity contribution in [2.45, 2.75) is 51.1 Å². The third-order valence-electron chi connectivity index (χ3n) is 4.91. The normalized spacial score (nSPS) is 19.1. The molecule has 1 aliphatic carbocycles. The standard InChI is InChI=1S/C20H24N2O4/c1-14(23)22-11-10-15-6-2-5-9-17(15)18(22)12-20(25)26-13-19(24)21-16-7-3-4-8-16/h2,5-6,9-11,16,18H,3-4,7-8,12-13H2,1H3,(H,21,24)/t18-/m0/s1. The first kappa shape index (κ1) is 18.2. The van der Waals surface area contributed by atoms with Crippen molar-refractivity contribution in [3.8, 4) is 0 Å². The van der Waals surface area contributed by atoms with Crippen molar-refractivity contribution in [3.63, 3.8) is 0 Å². The highest BCUT2D eigenvalue weighted by atomic mass is 16.5. The van der Waals surface area contributed by atoms with Gasteiger partial charge in [0.1, 0.15) is 0 Å². The van der Waals surface area contributed by atoms with Crippen molar-refractivity contribution in [2.24, 2.45) is 0 Å². The lowest BCUT2D eigenvalue weighted by molar-refractivity contribution is -0.150. The summed E-state index contributed by atoms with van der Waals surface area (Å²) in [5.74, 6) is -0.905. The van der Waals surface area contributed by atoms with Crippen molar-refractivity contribution in [3.05, 3.63) is 41.6 Å². The number of nitrogens with zero attached hydrogens (tertiary/aromatic N) is 1. The van der Waals surface area contributed by atoms with Gasteiger partial charge in [-0.1, -0.05) is 37.1 Å². The first-order valence-electron chi connectivity index (χ1n) is 9.05. The number of nitrogens with one attached hydrogen (secondary N) is 1. The van der Waals surface area contributed by atoms with Crippen LogP contribution < -0.4 is 5.32 Å². The summed E-state index contributed by atoms with van der Waals surface area (Å²) >= 11 is 0. The fraction of sp³-hybridized carbons (Fsp3) is 0.450. The average molecular weight is 356 g/mol. The molecule has 1 saturated carbocycles. The van der Waals surface area contributed by atoms with Gasteiger partial charge in [-0.2, -0.15) is 0 Å². The zero-order valence-corrected chi connectivity index (χ0v) is 14.9. The number of ether oxygens (including phenoxy) is 1. The van der Waals surface area contributed by atoms with Crippen LogP contribution in [0.1, 0.15) is 56.2 Å². The first-order chi connectivity index (χ1) is 12.5. The molecule has 1 aromatic rings. The molecule has 138 valence electrons. The topological polar surface area (TPSA) is 75.7 Å². The highest BCUT2D eigenvalue weighted by Crippen LogP contribution is 2.33. The Labute approximate surface area is 153 Å². The van der Waals surface area contributed by atoms with Gasteiger partial charge in [0, 0.05) is 19.2 Å². The van der Waals surface area contributed by atoms with Crippen molar-refractivity contribution in [1.82, 2.24) is 10.2 Å². The van der Waals surface area contributed by atoms with E-state index in [9.17, 15) is 14.4 Å². The summed E-state index contributed by atoms with van der Waals surface area (Å²) in [4.78, 5) is 37.6. The molecular formula is C20H24N2O4. The molecule has 2 aliphatic rings. The number of carbonyl (C=O) groups is 3. The third-order valence-corrected chi connectivity index (χ3v) is 4.91. The second kappa shape index (κ2) is 8.17. The lowest BCUT2D eigenvalue weighted by Crippen LogP contribution is -2.36. The van der Waals surface area contributed by atoms with Crippen LogP contribution in [0.5, 0.6) is 0 Å². The quantitative estimate of drug-likeness (QED) is 0.823. The summed E-state index contributed by atoms with van der Waals surface area (Å²) in [5.41, 5.74) is 1.87. The Bertz CT molecular complexity index is 722. The molecular weight excluding hydrogens is 332 g/mol. The van der Waals surface area contributed by atoms with Crippen LogP contribution in [-0.2, 0) is 19.1 Å². The van der Waals surface area contributed by atoms with E-state index in [0.717, 1.165) is 36.8 Å². The molecule has 1 atom stereocenters. The van der Waals surface area contributed by atoms with E-state index in [1.807, 2.05) is 30.3 Å². The lowest BCUT2D eigenvalue weighted by atomic mass is 9.94. The number of benzene rings is 1. The van der Waals surface area contributed by atoms with Gasteiger partial charge in [0.25, 0.3) is 5.91 Å². The van der Waals surface area contributed by atoms with E-state index >= 15 is 0 Å². The average Bonchev–Trinajstić information content (AvgIpc) is 3.13. The molecule has 26 heavy (non-hydrogen) atoms. The molecule has 1 heterocycles. The molecule has 0 spiro atoms. The van der Waals surface area contributed by atoms with Gasteiger partial charge in [0.15, 0.2) is 6.61 Å². The summed E-state index contributed by atoms with van der Waals surface area (Å²) in [6, 6.07) is 7.42. The molecule has 3 rings (SSSR count). The van der Waals surface area contributed by atoms with E-state index < -0.39 is 12.0 Å². The maximum absolute atomic E-state index is 12.3. The van der Waals surface area contributed by atoms with Gasteiger partial charge >= 0.3 is 5.97 Å². The molecule has 6 heteroatoms. The van der Waals surface area contributed by atoms with Crippen LogP contribution in [0.15, 0.2) is 30.5 Å². The van der Waals surface area contributed by atoms with Crippen LogP contribution in [-0.4, -0.2) is 35.3 Å². The monoisotopic (exact) mass is 356 g/mol. The minimum atomic E-state index is -0.493. The Kier molecular flexibility index (Phi) is 5.71. The molecule has 1 N–H and O–H groups in total. The Morgan fingerprint density at radius 2 is 1.92 bits per heavy atom. The van der Waals surface area contributed by atoms with E-state index in [2.05, 4.69) is 5.32 Å². The number of carbonyl (C=O) groups excluding carboxylic acids is 3. The summed E-state index contributed by atoms with van der Waals surface area (Å²) < 4.78 is 5.15. The van der Waals surface area contributed by atoms with E-state index in [1.54, 1.807) is 6.20 Å². The Balaban J connectivity index is 1.58. The van der Waals surface area contributed by atoms with E-state index in [1.165, 1.54) is 11.8 Å². The van der Waals surface area contributed by atoms with Crippen LogP contribution >= 0.6 is 0 Å². The maximum atomic E-state index is 12.3. The fourth-order valence-electron chi connectivity index (χ4n) is 3.62. The zero-order chi connectivity index (χ0) is 18.5. The smallest absolute Gasteiger partial charge is 0.308 e. The highest BCUT2D eigenvalue weighted by Gasteiger charge is 2.29. The third kappa shape index (κ3) is 4.31. The first-order valence-corrected chi connectivity index (χ1v) is 9.05. The SMILES string of the molecule is CC(=O)N1C=Cc2ccccc2[C@@H]1CC(=O)OCC(=O)NC1CCCC1. The highest BCUT2D eigenvalue weighted by molar-refractivity contribution is 5.82. The van der Waals surface area contributed by atoms with Gasteiger partial charge in [-0.25, -0.2) is 0 Å². The maximum Gasteiger partial charge on any atom is 0.308 e. The number of esters is 1. The van der Waals surface area contributed by atoms with Crippen molar-refractivity contribution in [1.29, 1.82) is 0 Å². The molecule has 2 amide bonds. The van der Waals surface area contributed by atoms with E-state index in [0.29, 0.717) is 0 Å². The zero-order valence-electron chi connectivity index (χ0n) is 14.9. The Morgan fingerprint density at radius 3 is 2.65 bits per heavy atom. The number of amides is 2. The number of hydrogen-bond acceptors (Lipinski definition) is 4. The molecule has 6 nitrogen and oxygen atoms in total. The fourth-order valence-corrected chi connectivity index (χ4v) is 3.62. The number of hydrogen-bond donors (Lipinski definition) is 1.